The van der Waals surface area contributed by atoms with E-state index in [1.165, 1.54) is 0 Å². The van der Waals surface area contributed by atoms with Gasteiger partial charge >= 0.3 is 5.97 Å². The van der Waals surface area contributed by atoms with Gasteiger partial charge in [0.05, 0.1) is 17.7 Å². The first-order valence-corrected chi connectivity index (χ1v) is 6.41. The van der Waals surface area contributed by atoms with E-state index in [-0.39, 0.29) is 13.2 Å². The molecule has 0 bridgehead atoms. The minimum atomic E-state index is -1.50. The van der Waals surface area contributed by atoms with Gasteiger partial charge in [0, 0.05) is 13.2 Å². The second kappa shape index (κ2) is 7.68. The summed E-state index contributed by atoms with van der Waals surface area (Å²) in [5.74, 6) is -4.54. The number of nitrogens with one attached hydrogen (secondary N) is 1. The van der Waals surface area contributed by atoms with E-state index in [0.29, 0.717) is 24.7 Å². The summed E-state index contributed by atoms with van der Waals surface area (Å²) in [7, 11) is 0. The summed E-state index contributed by atoms with van der Waals surface area (Å²) in [6.07, 6.45) is 0. The van der Waals surface area contributed by atoms with Crippen molar-refractivity contribution in [1.82, 2.24) is 5.32 Å². The fourth-order valence-electron chi connectivity index (χ4n) is 1.56. The highest BCUT2D eigenvalue weighted by Crippen LogP contribution is 2.15. The number of carbonyl (C=O) groups excluding carboxylic acids is 1. The monoisotopic (exact) mass is 301 g/mol. The summed E-state index contributed by atoms with van der Waals surface area (Å²) < 4.78 is 31.4. The van der Waals surface area contributed by atoms with Crippen LogP contribution in [0.3, 0.4) is 0 Å². The Morgan fingerprint density at radius 2 is 1.81 bits per heavy atom. The van der Waals surface area contributed by atoms with Crippen LogP contribution in [0.2, 0.25) is 0 Å². The molecule has 1 aromatic carbocycles. The number of hydrogen-bond acceptors (Lipinski definition) is 3. The van der Waals surface area contributed by atoms with Gasteiger partial charge in [0.25, 0.3) is 5.91 Å². The van der Waals surface area contributed by atoms with Crippen LogP contribution in [-0.4, -0.2) is 36.7 Å². The molecule has 0 radical (unpaired) electrons. The number of carboxylic acid groups (broad SMARTS) is 1. The third kappa shape index (κ3) is 5.11. The van der Waals surface area contributed by atoms with Crippen LogP contribution in [-0.2, 0) is 4.74 Å². The molecule has 0 aliphatic carbocycles. The molecule has 0 fully saturated rings. The Bertz CT molecular complexity index is 532. The Morgan fingerprint density at radius 3 is 2.33 bits per heavy atom. The number of carbonyl (C=O) groups is 2. The average Bonchev–Trinajstić information content (AvgIpc) is 2.40. The first-order chi connectivity index (χ1) is 9.82. The predicted octanol–water partition coefficient (Wildman–Crippen LogP) is 2.07. The molecule has 2 N–H and O–H groups in total. The Kier molecular flexibility index (Phi) is 6.23. The van der Waals surface area contributed by atoms with Crippen LogP contribution in [0.25, 0.3) is 0 Å². The Labute approximate surface area is 120 Å². The first-order valence-electron chi connectivity index (χ1n) is 6.41. The van der Waals surface area contributed by atoms with Crippen LogP contribution in [0.5, 0.6) is 0 Å². The van der Waals surface area contributed by atoms with Crippen LogP contribution >= 0.6 is 0 Å². The maximum Gasteiger partial charge on any atom is 0.336 e. The molecule has 1 rings (SSSR count). The Morgan fingerprint density at radius 1 is 1.24 bits per heavy atom. The molecule has 0 aliphatic heterocycles. The van der Waals surface area contributed by atoms with Crippen molar-refractivity contribution >= 4 is 11.9 Å². The lowest BCUT2D eigenvalue weighted by Crippen LogP contribution is -2.29. The number of halogens is 2. The van der Waals surface area contributed by atoms with Gasteiger partial charge in [0.1, 0.15) is 0 Å². The van der Waals surface area contributed by atoms with Crippen LogP contribution < -0.4 is 5.32 Å². The third-order valence-electron chi connectivity index (χ3n) is 2.52. The second-order valence-electron chi connectivity index (χ2n) is 4.84. The van der Waals surface area contributed by atoms with Crippen LogP contribution in [0.15, 0.2) is 12.1 Å². The summed E-state index contributed by atoms with van der Waals surface area (Å²) in [6, 6.07) is 1.06. The molecule has 0 spiro atoms. The summed E-state index contributed by atoms with van der Waals surface area (Å²) in [4.78, 5) is 22.8. The average molecular weight is 301 g/mol. The number of carboxylic acids is 1. The number of aromatic carboxylic acids is 1. The van der Waals surface area contributed by atoms with Gasteiger partial charge in [-0.05, 0) is 18.1 Å². The largest absolute Gasteiger partial charge is 0.478 e. The fraction of sp³-hybridized carbons (Fsp3) is 0.429. The standard InChI is InChI=1S/C14H17F2NO4/c1-8(2)7-21-4-3-17-13(18)9-5-11(15)12(16)6-10(9)14(19)20/h5-6,8H,3-4,7H2,1-2H3,(H,17,18)(H,19,20). The minimum Gasteiger partial charge on any atom is -0.478 e. The van der Waals surface area contributed by atoms with E-state index in [1.807, 2.05) is 13.8 Å². The van der Waals surface area contributed by atoms with Crippen molar-refractivity contribution in [2.45, 2.75) is 13.8 Å². The number of rotatable bonds is 7. The van der Waals surface area contributed by atoms with E-state index in [0.717, 1.165) is 0 Å². The van der Waals surface area contributed by atoms with Crippen molar-refractivity contribution in [2.75, 3.05) is 19.8 Å². The normalized spacial score (nSPS) is 10.7. The molecule has 0 heterocycles. The van der Waals surface area contributed by atoms with Gasteiger partial charge in [-0.1, -0.05) is 13.8 Å². The molecule has 5 nitrogen and oxygen atoms in total. The van der Waals surface area contributed by atoms with Gasteiger partial charge in [0.2, 0.25) is 0 Å². The van der Waals surface area contributed by atoms with Gasteiger partial charge in [0.15, 0.2) is 11.6 Å². The Hall–Kier alpha value is -2.02. The van der Waals surface area contributed by atoms with E-state index >= 15 is 0 Å². The lowest BCUT2D eigenvalue weighted by Gasteiger charge is -2.10. The summed E-state index contributed by atoms with van der Waals surface area (Å²) in [5.41, 5.74) is -1.01. The lowest BCUT2D eigenvalue weighted by atomic mass is 10.1. The lowest BCUT2D eigenvalue weighted by molar-refractivity contribution is 0.0689. The Balaban J connectivity index is 2.69. The highest BCUT2D eigenvalue weighted by atomic mass is 19.2. The zero-order valence-corrected chi connectivity index (χ0v) is 11.8. The SMILES string of the molecule is CC(C)COCCNC(=O)c1cc(F)c(F)cc1C(=O)O. The maximum atomic E-state index is 13.1. The summed E-state index contributed by atoms with van der Waals surface area (Å²) in [6.45, 7) is 4.86. The van der Waals surface area contributed by atoms with E-state index in [4.69, 9.17) is 9.84 Å². The molecular formula is C14H17F2NO4. The van der Waals surface area contributed by atoms with E-state index in [2.05, 4.69) is 5.32 Å². The van der Waals surface area contributed by atoms with Crippen LogP contribution in [0.4, 0.5) is 8.78 Å². The molecule has 0 unspecified atom stereocenters. The molecule has 0 aromatic heterocycles. The maximum absolute atomic E-state index is 13.1. The predicted molar refractivity (Wildman–Crippen MR) is 71.3 cm³/mol. The van der Waals surface area contributed by atoms with Crippen molar-refractivity contribution in [3.05, 3.63) is 34.9 Å². The topological polar surface area (TPSA) is 75.6 Å². The number of hydrogen-bond donors (Lipinski definition) is 2. The van der Waals surface area contributed by atoms with Crippen molar-refractivity contribution in [1.29, 1.82) is 0 Å². The third-order valence-corrected chi connectivity index (χ3v) is 2.52. The van der Waals surface area contributed by atoms with Gasteiger partial charge in [-0.3, -0.25) is 4.79 Å². The second-order valence-corrected chi connectivity index (χ2v) is 4.84. The fourth-order valence-corrected chi connectivity index (χ4v) is 1.56. The quantitative estimate of drug-likeness (QED) is 0.756. The molecule has 21 heavy (non-hydrogen) atoms. The molecule has 0 saturated carbocycles. The van der Waals surface area contributed by atoms with Crippen molar-refractivity contribution in [3.8, 4) is 0 Å². The van der Waals surface area contributed by atoms with Crippen LogP contribution in [0, 0.1) is 17.6 Å². The number of ether oxygens (including phenoxy) is 1. The smallest absolute Gasteiger partial charge is 0.336 e. The molecule has 7 heteroatoms. The highest BCUT2D eigenvalue weighted by molar-refractivity contribution is 6.04. The zero-order valence-electron chi connectivity index (χ0n) is 11.8. The molecule has 116 valence electrons. The highest BCUT2D eigenvalue weighted by Gasteiger charge is 2.20. The van der Waals surface area contributed by atoms with Gasteiger partial charge < -0.3 is 15.2 Å². The van der Waals surface area contributed by atoms with E-state index in [1.54, 1.807) is 0 Å². The summed E-state index contributed by atoms with van der Waals surface area (Å²) in [5, 5.41) is 11.3. The molecular weight excluding hydrogens is 284 g/mol. The molecule has 0 saturated heterocycles. The summed E-state index contributed by atoms with van der Waals surface area (Å²) >= 11 is 0. The van der Waals surface area contributed by atoms with Crippen molar-refractivity contribution in [2.24, 2.45) is 5.92 Å². The molecule has 1 amide bonds. The molecule has 0 aliphatic rings. The minimum absolute atomic E-state index is 0.142. The van der Waals surface area contributed by atoms with E-state index in [9.17, 15) is 18.4 Å². The van der Waals surface area contributed by atoms with Crippen LogP contribution in [0.1, 0.15) is 34.6 Å². The molecule has 0 atom stereocenters. The number of amides is 1. The zero-order chi connectivity index (χ0) is 16.0. The number of benzene rings is 1. The molecule has 1 aromatic rings. The first kappa shape index (κ1) is 17.0. The van der Waals surface area contributed by atoms with Crippen molar-refractivity contribution in [3.63, 3.8) is 0 Å². The van der Waals surface area contributed by atoms with Gasteiger partial charge in [-0.2, -0.15) is 0 Å². The van der Waals surface area contributed by atoms with Gasteiger partial charge in [-0.25, -0.2) is 13.6 Å². The van der Waals surface area contributed by atoms with E-state index < -0.39 is 34.6 Å². The van der Waals surface area contributed by atoms with Crippen molar-refractivity contribution < 1.29 is 28.2 Å². The van der Waals surface area contributed by atoms with Gasteiger partial charge in [-0.15, -0.1) is 0 Å².